The van der Waals surface area contributed by atoms with Crippen molar-refractivity contribution >= 4 is 43.2 Å². The lowest BCUT2D eigenvalue weighted by Crippen LogP contribution is -1.95. The van der Waals surface area contributed by atoms with Crippen molar-refractivity contribution in [2.75, 3.05) is 5.32 Å². The Labute approximate surface area is 123 Å². The third-order valence-electron chi connectivity index (χ3n) is 2.49. The monoisotopic (exact) mass is 364 g/mol. The first-order valence-corrected chi connectivity index (χ1v) is 6.91. The van der Waals surface area contributed by atoms with Gasteiger partial charge in [-0.3, -0.25) is 0 Å². The Morgan fingerprint density at radius 1 is 1.06 bits per heavy atom. The largest absolute Gasteiger partial charge is 0.353 e. The lowest BCUT2D eigenvalue weighted by Gasteiger charge is -2.11. The number of nitriles is 1. The summed E-state index contributed by atoms with van der Waals surface area (Å²) in [5.74, 6) is 0. The van der Waals surface area contributed by atoms with Gasteiger partial charge in [0.1, 0.15) is 6.07 Å². The fourth-order valence-electron chi connectivity index (χ4n) is 1.60. The highest BCUT2D eigenvalue weighted by Crippen LogP contribution is 2.30. The van der Waals surface area contributed by atoms with Crippen LogP contribution in [0.5, 0.6) is 0 Å². The molecule has 4 heteroatoms. The summed E-state index contributed by atoms with van der Waals surface area (Å²) in [6.45, 7) is 1.97. The van der Waals surface area contributed by atoms with E-state index in [0.717, 1.165) is 25.9 Å². The SMILES string of the molecule is Cc1ccc(Nc2cc(Br)ccc2Br)c(C#N)c1. The van der Waals surface area contributed by atoms with Gasteiger partial charge in [-0.15, -0.1) is 0 Å². The quantitative estimate of drug-likeness (QED) is 0.800. The summed E-state index contributed by atoms with van der Waals surface area (Å²) in [5.41, 5.74) is 3.44. The van der Waals surface area contributed by atoms with E-state index in [-0.39, 0.29) is 0 Å². The average Bonchev–Trinajstić information content (AvgIpc) is 2.36. The number of benzene rings is 2. The number of hydrogen-bond donors (Lipinski definition) is 1. The molecule has 0 spiro atoms. The highest BCUT2D eigenvalue weighted by Gasteiger charge is 2.05. The van der Waals surface area contributed by atoms with Crippen molar-refractivity contribution in [2.45, 2.75) is 6.92 Å². The van der Waals surface area contributed by atoms with Crippen molar-refractivity contribution in [2.24, 2.45) is 0 Å². The fraction of sp³-hybridized carbons (Fsp3) is 0.0714. The third kappa shape index (κ3) is 2.92. The van der Waals surface area contributed by atoms with Gasteiger partial charge in [-0.2, -0.15) is 5.26 Å². The molecule has 0 bridgehead atoms. The van der Waals surface area contributed by atoms with Crippen LogP contribution in [0.15, 0.2) is 45.3 Å². The molecule has 0 atom stereocenters. The summed E-state index contributed by atoms with van der Waals surface area (Å²) in [6.07, 6.45) is 0. The van der Waals surface area contributed by atoms with Crippen molar-refractivity contribution in [3.63, 3.8) is 0 Å². The van der Waals surface area contributed by atoms with Crippen molar-refractivity contribution in [3.05, 3.63) is 56.5 Å². The molecular formula is C14H10Br2N2. The van der Waals surface area contributed by atoms with Crippen LogP contribution >= 0.6 is 31.9 Å². The predicted molar refractivity (Wildman–Crippen MR) is 81.0 cm³/mol. The number of anilines is 2. The molecule has 0 aliphatic carbocycles. The first kappa shape index (κ1) is 13.1. The maximum absolute atomic E-state index is 9.13. The number of halogens is 2. The van der Waals surface area contributed by atoms with E-state index in [1.807, 2.05) is 43.3 Å². The predicted octanol–water partition coefficient (Wildman–Crippen LogP) is 5.14. The van der Waals surface area contributed by atoms with Gasteiger partial charge >= 0.3 is 0 Å². The van der Waals surface area contributed by atoms with Crippen LogP contribution in [-0.2, 0) is 0 Å². The van der Waals surface area contributed by atoms with Crippen LogP contribution < -0.4 is 5.32 Å². The highest BCUT2D eigenvalue weighted by molar-refractivity contribution is 9.11. The molecule has 0 saturated heterocycles. The van der Waals surface area contributed by atoms with Gasteiger partial charge in [-0.05, 0) is 58.7 Å². The zero-order chi connectivity index (χ0) is 13.1. The summed E-state index contributed by atoms with van der Waals surface area (Å²) in [4.78, 5) is 0. The summed E-state index contributed by atoms with van der Waals surface area (Å²) in [5, 5.41) is 12.4. The van der Waals surface area contributed by atoms with Gasteiger partial charge in [-0.25, -0.2) is 0 Å². The molecule has 18 heavy (non-hydrogen) atoms. The average molecular weight is 366 g/mol. The molecule has 0 heterocycles. The smallest absolute Gasteiger partial charge is 0.101 e. The summed E-state index contributed by atoms with van der Waals surface area (Å²) in [6, 6.07) is 13.8. The number of hydrogen-bond acceptors (Lipinski definition) is 2. The zero-order valence-corrected chi connectivity index (χ0v) is 12.8. The molecule has 0 saturated carbocycles. The van der Waals surface area contributed by atoms with Crippen molar-refractivity contribution in [3.8, 4) is 6.07 Å². The zero-order valence-electron chi connectivity index (χ0n) is 9.67. The van der Waals surface area contributed by atoms with Crippen molar-refractivity contribution in [1.29, 1.82) is 5.26 Å². The van der Waals surface area contributed by atoms with Crippen LogP contribution in [0, 0.1) is 18.3 Å². The molecule has 0 amide bonds. The van der Waals surface area contributed by atoms with E-state index in [2.05, 4.69) is 43.2 Å². The lowest BCUT2D eigenvalue weighted by atomic mass is 10.1. The Hall–Kier alpha value is -1.31. The Morgan fingerprint density at radius 2 is 1.83 bits per heavy atom. The standard InChI is InChI=1S/C14H10Br2N2/c1-9-2-5-13(10(6-9)8-17)18-14-7-11(15)3-4-12(14)16/h2-7,18H,1H3. The van der Waals surface area contributed by atoms with Crippen molar-refractivity contribution in [1.82, 2.24) is 0 Å². The second-order valence-electron chi connectivity index (χ2n) is 3.91. The molecule has 0 unspecified atom stereocenters. The molecule has 0 aliphatic heterocycles. The van der Waals surface area contributed by atoms with E-state index >= 15 is 0 Å². The van der Waals surface area contributed by atoms with Gasteiger partial charge in [0.15, 0.2) is 0 Å². The van der Waals surface area contributed by atoms with Crippen LogP contribution in [0.3, 0.4) is 0 Å². The minimum atomic E-state index is 0.641. The molecular weight excluding hydrogens is 356 g/mol. The summed E-state index contributed by atoms with van der Waals surface area (Å²) in [7, 11) is 0. The molecule has 2 nitrogen and oxygen atoms in total. The van der Waals surface area contributed by atoms with Gasteiger partial charge in [0.2, 0.25) is 0 Å². The van der Waals surface area contributed by atoms with Crippen LogP contribution in [0.1, 0.15) is 11.1 Å². The van der Waals surface area contributed by atoms with Gasteiger partial charge in [0.25, 0.3) is 0 Å². The maximum atomic E-state index is 9.13. The summed E-state index contributed by atoms with van der Waals surface area (Å²) < 4.78 is 1.94. The second-order valence-corrected chi connectivity index (χ2v) is 5.68. The minimum absolute atomic E-state index is 0.641. The number of nitrogens with zero attached hydrogens (tertiary/aromatic N) is 1. The van der Waals surface area contributed by atoms with Crippen LogP contribution in [0.25, 0.3) is 0 Å². The van der Waals surface area contributed by atoms with E-state index < -0.39 is 0 Å². The van der Waals surface area contributed by atoms with Crippen LogP contribution in [-0.4, -0.2) is 0 Å². The van der Waals surface area contributed by atoms with E-state index in [4.69, 9.17) is 5.26 Å². The number of aryl methyl sites for hydroxylation is 1. The molecule has 2 aromatic carbocycles. The topological polar surface area (TPSA) is 35.8 Å². The first-order valence-electron chi connectivity index (χ1n) is 5.33. The van der Waals surface area contributed by atoms with Gasteiger partial charge in [-0.1, -0.05) is 22.0 Å². The van der Waals surface area contributed by atoms with E-state index in [9.17, 15) is 0 Å². The minimum Gasteiger partial charge on any atom is -0.353 e. The summed E-state index contributed by atoms with van der Waals surface area (Å²) >= 11 is 6.91. The number of rotatable bonds is 2. The molecule has 0 aliphatic rings. The van der Waals surface area contributed by atoms with E-state index in [0.29, 0.717) is 5.56 Å². The molecule has 0 aromatic heterocycles. The fourth-order valence-corrected chi connectivity index (χ4v) is 2.30. The Morgan fingerprint density at radius 3 is 2.56 bits per heavy atom. The van der Waals surface area contributed by atoms with Crippen LogP contribution in [0.2, 0.25) is 0 Å². The molecule has 2 aromatic rings. The molecule has 0 fully saturated rings. The normalized spacial score (nSPS) is 9.89. The molecule has 0 radical (unpaired) electrons. The van der Waals surface area contributed by atoms with Gasteiger partial charge in [0, 0.05) is 8.95 Å². The maximum Gasteiger partial charge on any atom is 0.101 e. The van der Waals surface area contributed by atoms with Gasteiger partial charge in [0.05, 0.1) is 16.9 Å². The van der Waals surface area contributed by atoms with E-state index in [1.165, 1.54) is 0 Å². The Bertz CT molecular complexity index is 630. The third-order valence-corrected chi connectivity index (χ3v) is 3.68. The highest BCUT2D eigenvalue weighted by atomic mass is 79.9. The van der Waals surface area contributed by atoms with Crippen molar-refractivity contribution < 1.29 is 0 Å². The lowest BCUT2D eigenvalue weighted by molar-refractivity contribution is 1.40. The first-order chi connectivity index (χ1) is 8.60. The molecule has 2 rings (SSSR count). The Balaban J connectivity index is 2.40. The van der Waals surface area contributed by atoms with Crippen LogP contribution in [0.4, 0.5) is 11.4 Å². The Kier molecular flexibility index (Phi) is 4.05. The second kappa shape index (κ2) is 5.55. The number of nitrogens with one attached hydrogen (secondary N) is 1. The molecule has 90 valence electrons. The van der Waals surface area contributed by atoms with E-state index in [1.54, 1.807) is 0 Å². The van der Waals surface area contributed by atoms with Gasteiger partial charge < -0.3 is 5.32 Å². The molecule has 1 N–H and O–H groups in total.